The molecule has 0 saturated carbocycles. The first-order valence-electron chi connectivity index (χ1n) is 7.91. The number of hydrogen-bond acceptors (Lipinski definition) is 6. The quantitative estimate of drug-likeness (QED) is 0.539. The Kier molecular flexibility index (Phi) is 5.02. The molecule has 1 amide bonds. The molecule has 1 aromatic heterocycles. The van der Waals surface area contributed by atoms with Crippen LogP contribution in [0.1, 0.15) is 22.6 Å². The van der Waals surface area contributed by atoms with Crippen molar-refractivity contribution in [2.45, 2.75) is 19.8 Å². The molecular weight excluding hydrogens is 336 g/mol. The Morgan fingerprint density at radius 2 is 1.73 bits per heavy atom. The van der Waals surface area contributed by atoms with Crippen LogP contribution in [-0.2, 0) is 17.6 Å². The molecule has 8 heteroatoms. The highest BCUT2D eigenvalue weighted by Crippen LogP contribution is 2.14. The summed E-state index contributed by atoms with van der Waals surface area (Å²) >= 11 is 0. The Morgan fingerprint density at radius 1 is 1.08 bits per heavy atom. The molecule has 0 unspecified atom stereocenters. The van der Waals surface area contributed by atoms with E-state index in [1.54, 1.807) is 0 Å². The molecule has 0 aliphatic heterocycles. The Hall–Kier alpha value is -3.55. The minimum atomic E-state index is -0.488. The van der Waals surface area contributed by atoms with E-state index in [4.69, 9.17) is 4.42 Å². The number of nitro benzene ring substituents is 1. The molecule has 0 fully saturated rings. The summed E-state index contributed by atoms with van der Waals surface area (Å²) in [6, 6.07) is 13.8. The number of hydrogen-bond donors (Lipinski definition) is 1. The van der Waals surface area contributed by atoms with Crippen molar-refractivity contribution in [1.29, 1.82) is 0 Å². The van der Waals surface area contributed by atoms with Gasteiger partial charge < -0.3 is 4.42 Å². The van der Waals surface area contributed by atoms with E-state index in [2.05, 4.69) is 15.5 Å². The predicted molar refractivity (Wildman–Crippen MR) is 93.7 cm³/mol. The monoisotopic (exact) mass is 352 g/mol. The summed E-state index contributed by atoms with van der Waals surface area (Å²) in [6.45, 7) is 2.01. The SMILES string of the molecule is Cc1ccc(Cc2nnc(NC(=O)Cc3ccc([N+](=O)[O-])cc3)o2)cc1. The number of anilines is 1. The van der Waals surface area contributed by atoms with E-state index in [0.29, 0.717) is 17.9 Å². The average Bonchev–Trinajstić information content (AvgIpc) is 3.04. The minimum Gasteiger partial charge on any atom is -0.407 e. The molecule has 3 rings (SSSR count). The number of carbonyl (C=O) groups is 1. The lowest BCUT2D eigenvalue weighted by molar-refractivity contribution is -0.384. The minimum absolute atomic E-state index is 0.0215. The molecule has 0 aliphatic rings. The Balaban J connectivity index is 1.57. The summed E-state index contributed by atoms with van der Waals surface area (Å²) in [5.41, 5.74) is 2.82. The van der Waals surface area contributed by atoms with Gasteiger partial charge in [0.05, 0.1) is 17.8 Å². The first-order chi connectivity index (χ1) is 12.5. The first kappa shape index (κ1) is 17.3. The molecule has 0 radical (unpaired) electrons. The third kappa shape index (κ3) is 4.50. The molecule has 0 atom stereocenters. The van der Waals surface area contributed by atoms with Gasteiger partial charge >= 0.3 is 6.01 Å². The van der Waals surface area contributed by atoms with Crippen LogP contribution in [0, 0.1) is 17.0 Å². The van der Waals surface area contributed by atoms with Crippen LogP contribution in [0.3, 0.4) is 0 Å². The normalized spacial score (nSPS) is 10.5. The fourth-order valence-corrected chi connectivity index (χ4v) is 2.34. The summed E-state index contributed by atoms with van der Waals surface area (Å²) in [5, 5.41) is 20.9. The maximum absolute atomic E-state index is 12.0. The number of nitrogens with zero attached hydrogens (tertiary/aromatic N) is 3. The highest BCUT2D eigenvalue weighted by atomic mass is 16.6. The van der Waals surface area contributed by atoms with Gasteiger partial charge in [0.2, 0.25) is 11.8 Å². The van der Waals surface area contributed by atoms with Gasteiger partial charge in [0.15, 0.2) is 0 Å². The number of nitro groups is 1. The number of non-ortho nitro benzene ring substituents is 1. The number of aryl methyl sites for hydroxylation is 1. The molecule has 8 nitrogen and oxygen atoms in total. The van der Waals surface area contributed by atoms with E-state index in [9.17, 15) is 14.9 Å². The number of rotatable bonds is 6. The molecule has 1 N–H and O–H groups in total. The molecule has 132 valence electrons. The largest absolute Gasteiger partial charge is 0.407 e. The van der Waals surface area contributed by atoms with Crippen molar-refractivity contribution >= 4 is 17.6 Å². The number of carbonyl (C=O) groups excluding carboxylic acids is 1. The first-order valence-corrected chi connectivity index (χ1v) is 7.91. The molecule has 0 bridgehead atoms. The van der Waals surface area contributed by atoms with Crippen molar-refractivity contribution in [2.24, 2.45) is 0 Å². The zero-order valence-electron chi connectivity index (χ0n) is 14.0. The van der Waals surface area contributed by atoms with E-state index in [0.717, 1.165) is 5.56 Å². The second-order valence-electron chi connectivity index (χ2n) is 5.81. The summed E-state index contributed by atoms with van der Waals surface area (Å²) in [4.78, 5) is 22.2. The fraction of sp³-hybridized carbons (Fsp3) is 0.167. The lowest BCUT2D eigenvalue weighted by atomic mass is 10.1. The van der Waals surface area contributed by atoms with E-state index in [-0.39, 0.29) is 24.0 Å². The maximum atomic E-state index is 12.0. The van der Waals surface area contributed by atoms with Crippen molar-refractivity contribution in [3.05, 3.63) is 81.2 Å². The van der Waals surface area contributed by atoms with E-state index in [1.165, 1.54) is 29.8 Å². The van der Waals surface area contributed by atoms with Gasteiger partial charge in [-0.2, -0.15) is 0 Å². The predicted octanol–water partition coefficient (Wildman–Crippen LogP) is 3.06. The van der Waals surface area contributed by atoms with Crippen LogP contribution >= 0.6 is 0 Å². The van der Waals surface area contributed by atoms with Gasteiger partial charge in [-0.15, -0.1) is 5.10 Å². The number of nitrogens with one attached hydrogen (secondary N) is 1. The zero-order valence-corrected chi connectivity index (χ0v) is 14.0. The Labute approximate surface area is 149 Å². The third-order valence-electron chi connectivity index (χ3n) is 3.70. The molecule has 0 saturated heterocycles. The number of aromatic nitrogens is 2. The number of benzene rings is 2. The van der Waals surface area contributed by atoms with E-state index in [1.807, 2.05) is 31.2 Å². The lowest BCUT2D eigenvalue weighted by Crippen LogP contribution is -2.14. The average molecular weight is 352 g/mol. The van der Waals surface area contributed by atoms with Crippen LogP contribution in [0.25, 0.3) is 0 Å². The summed E-state index contributed by atoms with van der Waals surface area (Å²) in [6.07, 6.45) is 0.527. The van der Waals surface area contributed by atoms with Crippen molar-refractivity contribution in [2.75, 3.05) is 5.32 Å². The van der Waals surface area contributed by atoms with Gasteiger partial charge in [-0.05, 0) is 18.1 Å². The van der Waals surface area contributed by atoms with Crippen LogP contribution in [-0.4, -0.2) is 21.0 Å². The van der Waals surface area contributed by atoms with Crippen molar-refractivity contribution in [3.8, 4) is 0 Å². The highest BCUT2D eigenvalue weighted by Gasteiger charge is 2.12. The van der Waals surface area contributed by atoms with Gasteiger partial charge in [-0.25, -0.2) is 0 Å². The molecule has 1 heterocycles. The Morgan fingerprint density at radius 3 is 2.38 bits per heavy atom. The molecule has 3 aromatic rings. The molecule has 0 aliphatic carbocycles. The zero-order chi connectivity index (χ0) is 18.5. The fourth-order valence-electron chi connectivity index (χ4n) is 2.34. The molecule has 26 heavy (non-hydrogen) atoms. The van der Waals surface area contributed by atoms with Gasteiger partial charge in [0.1, 0.15) is 0 Å². The highest BCUT2D eigenvalue weighted by molar-refractivity contribution is 5.90. The summed E-state index contributed by atoms with van der Waals surface area (Å²) in [5.74, 6) is 0.0591. The third-order valence-corrected chi connectivity index (χ3v) is 3.70. The second-order valence-corrected chi connectivity index (χ2v) is 5.81. The lowest BCUT2D eigenvalue weighted by Gasteiger charge is -2.01. The van der Waals surface area contributed by atoms with Gasteiger partial charge in [-0.3, -0.25) is 20.2 Å². The molecule has 0 spiro atoms. The summed E-state index contributed by atoms with van der Waals surface area (Å²) < 4.78 is 5.43. The standard InChI is InChI=1S/C18H16N4O4/c1-12-2-4-14(5-3-12)11-17-20-21-18(26-17)19-16(23)10-13-6-8-15(9-7-13)22(24)25/h2-9H,10-11H2,1H3,(H,19,21,23). The maximum Gasteiger partial charge on any atom is 0.322 e. The van der Waals surface area contributed by atoms with Crippen LogP contribution in [0.5, 0.6) is 0 Å². The summed E-state index contributed by atoms with van der Waals surface area (Å²) in [7, 11) is 0. The van der Waals surface area contributed by atoms with Crippen LogP contribution in [0.15, 0.2) is 52.9 Å². The van der Waals surface area contributed by atoms with Crippen molar-refractivity contribution < 1.29 is 14.1 Å². The number of amides is 1. The van der Waals surface area contributed by atoms with Gasteiger partial charge in [0, 0.05) is 12.1 Å². The van der Waals surface area contributed by atoms with E-state index >= 15 is 0 Å². The smallest absolute Gasteiger partial charge is 0.322 e. The van der Waals surface area contributed by atoms with Crippen LogP contribution in [0.4, 0.5) is 11.7 Å². The van der Waals surface area contributed by atoms with Crippen LogP contribution in [0.2, 0.25) is 0 Å². The van der Waals surface area contributed by atoms with Crippen LogP contribution < -0.4 is 5.32 Å². The topological polar surface area (TPSA) is 111 Å². The van der Waals surface area contributed by atoms with Crippen molar-refractivity contribution in [1.82, 2.24) is 10.2 Å². The molecular formula is C18H16N4O4. The Bertz CT molecular complexity index is 917. The second kappa shape index (κ2) is 7.56. The molecule has 2 aromatic carbocycles. The van der Waals surface area contributed by atoms with Gasteiger partial charge in [-0.1, -0.05) is 47.1 Å². The van der Waals surface area contributed by atoms with Crippen molar-refractivity contribution in [3.63, 3.8) is 0 Å². The van der Waals surface area contributed by atoms with E-state index < -0.39 is 4.92 Å². The van der Waals surface area contributed by atoms with Gasteiger partial charge in [0.25, 0.3) is 5.69 Å².